The van der Waals surface area contributed by atoms with Gasteiger partial charge in [-0.15, -0.1) is 0 Å². The molecule has 0 unspecified atom stereocenters. The second-order valence-corrected chi connectivity index (χ2v) is 11.3. The molecule has 0 radical (unpaired) electrons. The minimum atomic E-state index is -7.82. The summed E-state index contributed by atoms with van der Waals surface area (Å²) in [6, 6.07) is 0. The van der Waals surface area contributed by atoms with E-state index in [0.717, 1.165) is 38.5 Å². The Labute approximate surface area is 240 Å². The van der Waals surface area contributed by atoms with Gasteiger partial charge in [0.1, 0.15) is 0 Å². The lowest BCUT2D eigenvalue weighted by Crippen LogP contribution is -2.71. The Kier molecular flexibility index (Phi) is 11.6. The van der Waals surface area contributed by atoms with Crippen LogP contribution in [0.15, 0.2) is 12.7 Å². The van der Waals surface area contributed by atoms with Crippen LogP contribution >= 0.6 is 0 Å². The molecule has 2 rings (SSSR count). The first kappa shape index (κ1) is 37.0. The molecule has 2 saturated carbocycles. The number of ether oxygens (including phenoxy) is 2. The van der Waals surface area contributed by atoms with Gasteiger partial charge in [0.2, 0.25) is 0 Å². The molecular formula is C27H34F12O4. The quantitative estimate of drug-likeness (QED) is 0.108. The van der Waals surface area contributed by atoms with E-state index in [9.17, 15) is 62.3 Å². The van der Waals surface area contributed by atoms with Gasteiger partial charge in [-0.05, 0) is 56.3 Å². The van der Waals surface area contributed by atoms with Crippen molar-refractivity contribution in [2.75, 3.05) is 13.2 Å². The molecule has 0 aliphatic heterocycles. The molecule has 0 bridgehead atoms. The molecule has 0 saturated heterocycles. The number of halogens is 12. The van der Waals surface area contributed by atoms with Crippen LogP contribution in [0.3, 0.4) is 0 Å². The van der Waals surface area contributed by atoms with E-state index < -0.39 is 66.6 Å². The van der Waals surface area contributed by atoms with Crippen LogP contribution in [0.25, 0.3) is 0 Å². The summed E-state index contributed by atoms with van der Waals surface area (Å²) in [6.45, 7) is -1.15. The number of carbonyl (C=O) groups is 2. The molecule has 2 fully saturated rings. The SMILES string of the molecule is C=CC(=O)OCC(F)(F)C(F)(F)C(F)(F)C(F)(F)C(F)(F)C(F)(F)COC(=O)C1CCC(C2CCC(CCC)CC2)CC1. The maximum absolute atomic E-state index is 14.2. The molecule has 0 amide bonds. The Balaban J connectivity index is 2.04. The normalized spacial score (nSPS) is 24.8. The number of alkyl halides is 12. The zero-order chi connectivity index (χ0) is 33.1. The second-order valence-electron chi connectivity index (χ2n) is 11.3. The van der Waals surface area contributed by atoms with Crippen LogP contribution < -0.4 is 0 Å². The molecule has 250 valence electrons. The summed E-state index contributed by atoms with van der Waals surface area (Å²) in [5, 5.41) is 0. The zero-order valence-corrected chi connectivity index (χ0v) is 23.2. The number of carbonyl (C=O) groups excluding carboxylic acids is 2. The summed E-state index contributed by atoms with van der Waals surface area (Å²) in [7, 11) is 0. The van der Waals surface area contributed by atoms with Crippen molar-refractivity contribution in [3.05, 3.63) is 12.7 Å². The highest BCUT2D eigenvalue weighted by Gasteiger charge is 2.90. The monoisotopic (exact) mass is 650 g/mol. The van der Waals surface area contributed by atoms with Crippen LogP contribution in [0.1, 0.15) is 71.1 Å². The molecule has 0 aromatic heterocycles. The Morgan fingerprint density at radius 3 is 1.44 bits per heavy atom. The number of hydrogen-bond acceptors (Lipinski definition) is 4. The summed E-state index contributed by atoms with van der Waals surface area (Å²) in [4.78, 5) is 23.0. The van der Waals surface area contributed by atoms with Gasteiger partial charge in [0.05, 0.1) is 5.92 Å². The highest BCUT2D eigenvalue weighted by atomic mass is 19.4. The largest absolute Gasteiger partial charge is 0.459 e. The third-order valence-corrected chi connectivity index (χ3v) is 8.42. The highest BCUT2D eigenvalue weighted by Crippen LogP contribution is 2.60. The van der Waals surface area contributed by atoms with Crippen molar-refractivity contribution < 1.29 is 71.7 Å². The van der Waals surface area contributed by atoms with Crippen molar-refractivity contribution >= 4 is 11.9 Å². The first-order valence-corrected chi connectivity index (χ1v) is 13.8. The summed E-state index contributed by atoms with van der Waals surface area (Å²) < 4.78 is 175. The molecule has 2 aliphatic rings. The van der Waals surface area contributed by atoms with Gasteiger partial charge in [0, 0.05) is 6.08 Å². The Morgan fingerprint density at radius 2 is 1.05 bits per heavy atom. The van der Waals surface area contributed by atoms with E-state index in [0.29, 0.717) is 24.7 Å². The molecule has 0 heterocycles. The first-order chi connectivity index (χ1) is 19.6. The van der Waals surface area contributed by atoms with Crippen molar-refractivity contribution in [1.29, 1.82) is 0 Å². The van der Waals surface area contributed by atoms with Gasteiger partial charge in [-0.2, -0.15) is 52.7 Å². The molecule has 43 heavy (non-hydrogen) atoms. The molecule has 0 spiro atoms. The lowest BCUT2D eigenvalue weighted by molar-refractivity contribution is -0.428. The molecule has 0 N–H and O–H groups in total. The summed E-state index contributed by atoms with van der Waals surface area (Å²) >= 11 is 0. The molecule has 0 aromatic carbocycles. The van der Waals surface area contributed by atoms with Crippen molar-refractivity contribution in [2.24, 2.45) is 23.7 Å². The van der Waals surface area contributed by atoms with Crippen molar-refractivity contribution in [2.45, 2.75) is 107 Å². The molecule has 2 aliphatic carbocycles. The maximum Gasteiger partial charge on any atom is 0.384 e. The molecule has 16 heteroatoms. The van der Waals surface area contributed by atoms with Gasteiger partial charge in [-0.3, -0.25) is 4.79 Å². The minimum absolute atomic E-state index is 0.0990. The zero-order valence-electron chi connectivity index (χ0n) is 23.2. The average molecular weight is 651 g/mol. The van der Waals surface area contributed by atoms with Gasteiger partial charge in [-0.25, -0.2) is 4.79 Å². The number of rotatable bonds is 14. The average Bonchev–Trinajstić information content (AvgIpc) is 2.94. The molecule has 4 nitrogen and oxygen atoms in total. The Morgan fingerprint density at radius 1 is 0.651 bits per heavy atom. The molecular weight excluding hydrogens is 616 g/mol. The highest BCUT2D eigenvalue weighted by molar-refractivity contribution is 5.81. The molecule has 0 aromatic rings. The van der Waals surface area contributed by atoms with Crippen molar-refractivity contribution in [1.82, 2.24) is 0 Å². The maximum atomic E-state index is 14.2. The number of hydrogen-bond donors (Lipinski definition) is 0. The topological polar surface area (TPSA) is 52.6 Å². The third kappa shape index (κ3) is 7.39. The van der Waals surface area contributed by atoms with Gasteiger partial charge in [-0.1, -0.05) is 39.2 Å². The fourth-order valence-corrected chi connectivity index (χ4v) is 5.72. The minimum Gasteiger partial charge on any atom is -0.459 e. The van der Waals surface area contributed by atoms with Crippen LogP contribution in [0.5, 0.6) is 0 Å². The lowest BCUT2D eigenvalue weighted by atomic mass is 9.69. The first-order valence-electron chi connectivity index (χ1n) is 13.8. The third-order valence-electron chi connectivity index (χ3n) is 8.42. The van der Waals surface area contributed by atoms with Gasteiger partial charge in [0.15, 0.2) is 13.2 Å². The summed E-state index contributed by atoms with van der Waals surface area (Å²) in [5.74, 6) is -46.6. The van der Waals surface area contributed by atoms with Crippen molar-refractivity contribution in [3.63, 3.8) is 0 Å². The fourth-order valence-electron chi connectivity index (χ4n) is 5.72. The van der Waals surface area contributed by atoms with E-state index in [4.69, 9.17) is 0 Å². The van der Waals surface area contributed by atoms with Gasteiger partial charge >= 0.3 is 47.5 Å². The predicted octanol–water partition coefficient (Wildman–Crippen LogP) is 8.48. The lowest BCUT2D eigenvalue weighted by Gasteiger charge is -2.41. The number of esters is 2. The van der Waals surface area contributed by atoms with Crippen LogP contribution in [0.2, 0.25) is 0 Å². The fraction of sp³-hybridized carbons (Fsp3) is 0.852. The van der Waals surface area contributed by atoms with E-state index in [1.807, 2.05) is 0 Å². The van der Waals surface area contributed by atoms with Crippen LogP contribution in [-0.4, -0.2) is 60.7 Å². The van der Waals surface area contributed by atoms with E-state index in [1.54, 1.807) is 0 Å². The van der Waals surface area contributed by atoms with Gasteiger partial charge < -0.3 is 9.47 Å². The van der Waals surface area contributed by atoms with Crippen molar-refractivity contribution in [3.8, 4) is 0 Å². The van der Waals surface area contributed by atoms with E-state index in [2.05, 4.69) is 23.0 Å². The Bertz CT molecular complexity index is 969. The van der Waals surface area contributed by atoms with E-state index in [-0.39, 0.29) is 24.8 Å². The van der Waals surface area contributed by atoms with Crippen LogP contribution in [-0.2, 0) is 19.1 Å². The van der Waals surface area contributed by atoms with Gasteiger partial charge in [0.25, 0.3) is 0 Å². The molecule has 0 atom stereocenters. The second kappa shape index (κ2) is 13.5. The smallest absolute Gasteiger partial charge is 0.384 e. The Hall–Kier alpha value is -2.16. The predicted molar refractivity (Wildman–Crippen MR) is 128 cm³/mol. The van der Waals surface area contributed by atoms with Crippen LogP contribution in [0.4, 0.5) is 52.7 Å². The summed E-state index contributed by atoms with van der Waals surface area (Å²) in [6.07, 6.45) is 7.53. The van der Waals surface area contributed by atoms with E-state index in [1.165, 1.54) is 0 Å². The standard InChI is InChI=1S/C27H34F12O4/c1-3-5-16-6-8-17(9-7-16)18-10-12-19(13-11-18)21(41)43-15-23(30,31)25(34,35)27(38,39)26(36,37)24(32,33)22(28,29)14-42-20(40)4-2/h4,16-19H,2-3,5-15H2,1H3. The summed E-state index contributed by atoms with van der Waals surface area (Å²) in [5.41, 5.74) is 0. The van der Waals surface area contributed by atoms with Crippen LogP contribution in [0, 0.1) is 23.7 Å². The van der Waals surface area contributed by atoms with E-state index >= 15 is 0 Å².